The molecular formula is C42H42O12. The summed E-state index contributed by atoms with van der Waals surface area (Å²) in [5, 5.41) is 0. The second kappa shape index (κ2) is 23.8. The lowest BCUT2D eigenvalue weighted by molar-refractivity contribution is -0.137. The van der Waals surface area contributed by atoms with Gasteiger partial charge in [-0.1, -0.05) is 25.3 Å². The van der Waals surface area contributed by atoms with Crippen LogP contribution < -0.4 is 18.9 Å². The molecule has 0 fully saturated rings. The maximum Gasteiger partial charge on any atom is 0.343 e. The van der Waals surface area contributed by atoms with Gasteiger partial charge >= 0.3 is 23.9 Å². The Morgan fingerprint density at radius 3 is 1.41 bits per heavy atom. The lowest BCUT2D eigenvalue weighted by atomic mass is 10.1. The summed E-state index contributed by atoms with van der Waals surface area (Å²) in [6.45, 7) is 8.26. The van der Waals surface area contributed by atoms with Crippen LogP contribution in [0.15, 0.2) is 122 Å². The van der Waals surface area contributed by atoms with Crippen LogP contribution in [0.5, 0.6) is 23.0 Å². The Labute approximate surface area is 313 Å². The van der Waals surface area contributed by atoms with Crippen molar-refractivity contribution in [3.05, 3.63) is 145 Å². The van der Waals surface area contributed by atoms with E-state index in [2.05, 4.69) is 13.2 Å². The summed E-state index contributed by atoms with van der Waals surface area (Å²) in [6, 6.07) is 26.2. The fourth-order valence-corrected chi connectivity index (χ4v) is 4.31. The summed E-state index contributed by atoms with van der Waals surface area (Å²) in [5.74, 6) is -0.189. The van der Waals surface area contributed by atoms with E-state index in [1.165, 1.54) is 30.3 Å². The maximum atomic E-state index is 12.6. The molecule has 0 spiro atoms. The van der Waals surface area contributed by atoms with Gasteiger partial charge in [0.1, 0.15) is 29.3 Å². The quantitative estimate of drug-likeness (QED) is 0.0308. The van der Waals surface area contributed by atoms with Crippen molar-refractivity contribution in [1.82, 2.24) is 0 Å². The van der Waals surface area contributed by atoms with E-state index in [0.717, 1.165) is 18.1 Å². The normalized spacial score (nSPS) is 10.0. The second-order valence-corrected chi connectivity index (χ2v) is 11.0. The first-order valence-electron chi connectivity index (χ1n) is 16.9. The zero-order chi connectivity index (χ0) is 39.0. The Bertz CT molecular complexity index is 1790. The van der Waals surface area contributed by atoms with Crippen LogP contribution in [0.1, 0.15) is 49.5 Å². The molecule has 0 bridgehead atoms. The van der Waals surface area contributed by atoms with Gasteiger partial charge in [0, 0.05) is 39.1 Å². The van der Waals surface area contributed by atoms with Gasteiger partial charge in [-0.05, 0) is 96.6 Å². The van der Waals surface area contributed by atoms with Crippen molar-refractivity contribution in [2.24, 2.45) is 0 Å². The first-order chi connectivity index (χ1) is 26.3. The first kappa shape index (κ1) is 41.9. The summed E-state index contributed by atoms with van der Waals surface area (Å²) >= 11 is 0. The molecule has 4 aromatic carbocycles. The highest BCUT2D eigenvalue weighted by molar-refractivity contribution is 5.92. The zero-order valence-electron chi connectivity index (χ0n) is 29.9. The van der Waals surface area contributed by atoms with Crippen LogP contribution >= 0.6 is 0 Å². The number of carbonyl (C=O) groups excluding carboxylic acids is 5. The molecule has 54 heavy (non-hydrogen) atoms. The van der Waals surface area contributed by atoms with Gasteiger partial charge in [-0.15, -0.1) is 0 Å². The number of allylic oxidation sites excluding steroid dienone is 1. The number of hydrogen-bond acceptors (Lipinski definition) is 12. The molecule has 0 saturated carbocycles. The minimum Gasteiger partial charge on any atom is -0.494 e. The van der Waals surface area contributed by atoms with Crippen molar-refractivity contribution < 1.29 is 57.1 Å². The molecule has 0 aliphatic rings. The average Bonchev–Trinajstić information content (AvgIpc) is 3.20. The van der Waals surface area contributed by atoms with E-state index >= 15 is 0 Å². The molecule has 0 radical (unpaired) electrons. The van der Waals surface area contributed by atoms with Crippen molar-refractivity contribution in [2.45, 2.75) is 19.3 Å². The molecule has 0 aromatic heterocycles. The standard InChI is InChI=1S/C39H38O11.C3H4O/c1-3-36(40)47-26-5-25-46-33-18-10-30(11-19-33)38(42)49-34-14-6-28(7-15-34)22-27-48-37(41)29-12-20-35(21-13-29)50-39(43)31-8-16-32(17-9-31)45-24-4-23-44-2;1-2-3-4/h3,6-21H,1,4-5,22-27H2,2H3;2-3H,1H2. The van der Waals surface area contributed by atoms with Crippen LogP contribution in [0.25, 0.3) is 0 Å². The Morgan fingerprint density at radius 1 is 0.537 bits per heavy atom. The molecule has 0 heterocycles. The third kappa shape index (κ3) is 15.4. The van der Waals surface area contributed by atoms with Crippen LogP contribution in [0, 0.1) is 0 Å². The van der Waals surface area contributed by atoms with Gasteiger partial charge in [0.2, 0.25) is 0 Å². The number of hydrogen-bond donors (Lipinski definition) is 0. The summed E-state index contributed by atoms with van der Waals surface area (Å²) in [7, 11) is 1.63. The van der Waals surface area contributed by atoms with Gasteiger partial charge in [-0.3, -0.25) is 4.79 Å². The lowest BCUT2D eigenvalue weighted by Crippen LogP contribution is -2.10. The number of carbonyl (C=O) groups is 5. The van der Waals surface area contributed by atoms with Crippen molar-refractivity contribution in [3.63, 3.8) is 0 Å². The summed E-state index contributed by atoms with van der Waals surface area (Å²) in [4.78, 5) is 57.7. The fraction of sp³-hybridized carbons (Fsp3) is 0.214. The number of benzene rings is 4. The molecule has 4 rings (SSSR count). The smallest absolute Gasteiger partial charge is 0.343 e. The predicted octanol–water partition coefficient (Wildman–Crippen LogP) is 6.81. The minimum atomic E-state index is -0.536. The molecule has 4 aromatic rings. The van der Waals surface area contributed by atoms with E-state index in [1.54, 1.807) is 79.9 Å². The third-order valence-corrected chi connectivity index (χ3v) is 7.06. The molecule has 0 amide bonds. The van der Waals surface area contributed by atoms with Gasteiger partial charge in [-0.25, -0.2) is 19.2 Å². The number of rotatable bonds is 20. The number of aldehydes is 1. The Kier molecular flexibility index (Phi) is 18.5. The van der Waals surface area contributed by atoms with Crippen LogP contribution in [-0.4, -0.2) is 70.3 Å². The maximum absolute atomic E-state index is 12.6. The molecule has 12 nitrogen and oxygen atoms in total. The van der Waals surface area contributed by atoms with Crippen LogP contribution in [-0.2, 0) is 30.2 Å². The van der Waals surface area contributed by atoms with Crippen LogP contribution in [0.2, 0.25) is 0 Å². The molecule has 0 atom stereocenters. The molecule has 12 heteroatoms. The lowest BCUT2D eigenvalue weighted by Gasteiger charge is -2.09. The Balaban J connectivity index is 0.00000186. The molecule has 0 aliphatic carbocycles. The van der Waals surface area contributed by atoms with E-state index in [-0.39, 0.29) is 19.0 Å². The summed E-state index contributed by atoms with van der Waals surface area (Å²) < 4.78 is 37.3. The molecule has 0 saturated heterocycles. The van der Waals surface area contributed by atoms with Gasteiger partial charge in [0.05, 0.1) is 43.1 Å². The predicted molar refractivity (Wildman–Crippen MR) is 199 cm³/mol. The average molecular weight is 739 g/mol. The van der Waals surface area contributed by atoms with Gasteiger partial charge in [0.25, 0.3) is 0 Å². The highest BCUT2D eigenvalue weighted by Gasteiger charge is 2.13. The summed E-state index contributed by atoms with van der Waals surface area (Å²) in [5.41, 5.74) is 1.91. The zero-order valence-corrected chi connectivity index (χ0v) is 29.9. The number of esters is 4. The molecule has 0 aliphatic heterocycles. The highest BCUT2D eigenvalue weighted by Crippen LogP contribution is 2.19. The third-order valence-electron chi connectivity index (χ3n) is 7.06. The van der Waals surface area contributed by atoms with E-state index in [0.29, 0.717) is 72.9 Å². The number of ether oxygens (including phenoxy) is 7. The van der Waals surface area contributed by atoms with E-state index in [9.17, 15) is 19.2 Å². The number of methoxy groups -OCH3 is 1. The Morgan fingerprint density at radius 2 is 0.963 bits per heavy atom. The van der Waals surface area contributed by atoms with E-state index < -0.39 is 23.9 Å². The summed E-state index contributed by atoms with van der Waals surface area (Å²) in [6.07, 6.45) is 4.66. The topological polar surface area (TPSA) is 150 Å². The largest absolute Gasteiger partial charge is 0.494 e. The molecule has 0 N–H and O–H groups in total. The van der Waals surface area contributed by atoms with Gasteiger partial charge in [-0.2, -0.15) is 0 Å². The minimum absolute atomic E-state index is 0.134. The van der Waals surface area contributed by atoms with E-state index in [4.69, 9.17) is 38.0 Å². The van der Waals surface area contributed by atoms with Gasteiger partial charge < -0.3 is 33.2 Å². The van der Waals surface area contributed by atoms with Crippen molar-refractivity contribution >= 4 is 30.2 Å². The van der Waals surface area contributed by atoms with Crippen molar-refractivity contribution in [2.75, 3.05) is 40.1 Å². The van der Waals surface area contributed by atoms with Crippen LogP contribution in [0.3, 0.4) is 0 Å². The molecular weight excluding hydrogens is 696 g/mol. The van der Waals surface area contributed by atoms with Crippen molar-refractivity contribution in [3.8, 4) is 23.0 Å². The second-order valence-electron chi connectivity index (χ2n) is 11.0. The monoisotopic (exact) mass is 738 g/mol. The Hall–Kier alpha value is -6.53. The molecule has 0 unspecified atom stereocenters. The SMILES string of the molecule is C=CC(=O)OCCCOc1ccc(C(=O)Oc2ccc(CCOC(=O)c3ccc(OC(=O)c4ccc(OCCCOC)cc4)cc3)cc2)cc1.C=CC=O. The first-order valence-corrected chi connectivity index (χ1v) is 16.9. The van der Waals surface area contributed by atoms with Crippen molar-refractivity contribution in [1.29, 1.82) is 0 Å². The molecule has 282 valence electrons. The highest BCUT2D eigenvalue weighted by atomic mass is 16.5. The van der Waals surface area contributed by atoms with Gasteiger partial charge in [0.15, 0.2) is 0 Å². The fourth-order valence-electron chi connectivity index (χ4n) is 4.31. The van der Waals surface area contributed by atoms with E-state index in [1.807, 2.05) is 0 Å². The van der Waals surface area contributed by atoms with Crippen LogP contribution in [0.4, 0.5) is 0 Å².